The number of rotatable bonds is 5. The first-order valence-corrected chi connectivity index (χ1v) is 5.77. The van der Waals surface area contributed by atoms with E-state index in [4.69, 9.17) is 9.94 Å². The fourth-order valence-electron chi connectivity index (χ4n) is 1.44. The molecule has 5 nitrogen and oxygen atoms in total. The molecular formula is C13H17FN2O3. The molecular weight excluding hydrogens is 251 g/mol. The molecule has 0 aliphatic heterocycles. The van der Waals surface area contributed by atoms with Crippen molar-refractivity contribution in [3.63, 3.8) is 0 Å². The summed E-state index contributed by atoms with van der Waals surface area (Å²) in [6.45, 7) is 1.71. The highest BCUT2D eigenvalue weighted by molar-refractivity contribution is 6.00. The van der Waals surface area contributed by atoms with Crippen molar-refractivity contribution in [2.24, 2.45) is 5.16 Å². The minimum atomic E-state index is -0.455. The Hall–Kier alpha value is -2.11. The topological polar surface area (TPSA) is 62.1 Å². The third-order valence-electron chi connectivity index (χ3n) is 2.56. The largest absolute Gasteiger partial charge is 0.492 e. The van der Waals surface area contributed by atoms with E-state index in [1.54, 1.807) is 21.0 Å². The molecule has 6 heteroatoms. The van der Waals surface area contributed by atoms with Crippen molar-refractivity contribution in [1.29, 1.82) is 0 Å². The fraction of sp³-hybridized carbons (Fsp3) is 0.385. The van der Waals surface area contributed by atoms with E-state index in [9.17, 15) is 9.18 Å². The fourth-order valence-corrected chi connectivity index (χ4v) is 1.44. The average Bonchev–Trinajstić information content (AvgIpc) is 2.37. The summed E-state index contributed by atoms with van der Waals surface area (Å²) in [5.41, 5.74) is 0.801. The third-order valence-corrected chi connectivity index (χ3v) is 2.56. The van der Waals surface area contributed by atoms with Gasteiger partial charge >= 0.3 is 0 Å². The van der Waals surface area contributed by atoms with Gasteiger partial charge in [0.15, 0.2) is 0 Å². The minimum absolute atomic E-state index is 0.0782. The molecule has 0 saturated carbocycles. The van der Waals surface area contributed by atoms with E-state index in [-0.39, 0.29) is 24.7 Å². The van der Waals surface area contributed by atoms with Crippen LogP contribution in [-0.2, 0) is 4.79 Å². The Bertz CT molecular complexity index is 487. The SMILES string of the molecule is CC(=NO)c1ccc(F)cc1OCCC(=O)N(C)C. The van der Waals surface area contributed by atoms with E-state index < -0.39 is 5.82 Å². The van der Waals surface area contributed by atoms with Gasteiger partial charge in [-0.05, 0) is 19.1 Å². The van der Waals surface area contributed by atoms with Gasteiger partial charge in [-0.15, -0.1) is 0 Å². The summed E-state index contributed by atoms with van der Waals surface area (Å²) in [5, 5.41) is 11.8. The number of carbonyl (C=O) groups is 1. The summed E-state index contributed by atoms with van der Waals surface area (Å²) >= 11 is 0. The van der Waals surface area contributed by atoms with Crippen LogP contribution in [0.15, 0.2) is 23.4 Å². The van der Waals surface area contributed by atoms with E-state index in [1.807, 2.05) is 0 Å². The predicted molar refractivity (Wildman–Crippen MR) is 69.2 cm³/mol. The summed E-state index contributed by atoms with van der Waals surface area (Å²) in [7, 11) is 3.30. The van der Waals surface area contributed by atoms with Crippen molar-refractivity contribution in [2.75, 3.05) is 20.7 Å². The molecule has 0 unspecified atom stereocenters. The van der Waals surface area contributed by atoms with Crippen LogP contribution in [0.2, 0.25) is 0 Å². The van der Waals surface area contributed by atoms with Crippen LogP contribution in [0.1, 0.15) is 18.9 Å². The molecule has 0 bridgehead atoms. The lowest BCUT2D eigenvalue weighted by atomic mass is 10.1. The van der Waals surface area contributed by atoms with E-state index >= 15 is 0 Å². The van der Waals surface area contributed by atoms with Crippen molar-refractivity contribution in [3.05, 3.63) is 29.6 Å². The number of benzene rings is 1. The maximum Gasteiger partial charge on any atom is 0.225 e. The number of halogens is 1. The average molecular weight is 268 g/mol. The monoisotopic (exact) mass is 268 g/mol. The summed E-state index contributed by atoms with van der Waals surface area (Å²) in [6.07, 6.45) is 0.193. The number of hydrogen-bond acceptors (Lipinski definition) is 4. The van der Waals surface area contributed by atoms with Crippen molar-refractivity contribution in [2.45, 2.75) is 13.3 Å². The van der Waals surface area contributed by atoms with Gasteiger partial charge in [0, 0.05) is 25.7 Å². The zero-order chi connectivity index (χ0) is 14.4. The van der Waals surface area contributed by atoms with Gasteiger partial charge in [-0.25, -0.2) is 4.39 Å². The Kier molecular flexibility index (Phi) is 5.29. The number of amides is 1. The smallest absolute Gasteiger partial charge is 0.225 e. The molecule has 0 radical (unpaired) electrons. The Labute approximate surface area is 111 Å². The zero-order valence-corrected chi connectivity index (χ0v) is 11.2. The van der Waals surface area contributed by atoms with E-state index in [2.05, 4.69) is 5.16 Å². The van der Waals surface area contributed by atoms with Gasteiger partial charge in [-0.3, -0.25) is 4.79 Å². The lowest BCUT2D eigenvalue weighted by Crippen LogP contribution is -2.23. The highest BCUT2D eigenvalue weighted by Crippen LogP contribution is 2.21. The molecule has 19 heavy (non-hydrogen) atoms. The van der Waals surface area contributed by atoms with Gasteiger partial charge in [0.2, 0.25) is 5.91 Å². The number of ether oxygens (including phenoxy) is 1. The lowest BCUT2D eigenvalue weighted by molar-refractivity contribution is -0.129. The highest BCUT2D eigenvalue weighted by Gasteiger charge is 2.10. The van der Waals surface area contributed by atoms with E-state index in [0.29, 0.717) is 11.3 Å². The van der Waals surface area contributed by atoms with Crippen molar-refractivity contribution >= 4 is 11.6 Å². The Morgan fingerprint density at radius 3 is 2.74 bits per heavy atom. The van der Waals surface area contributed by atoms with E-state index in [1.165, 1.54) is 23.1 Å². The number of carbonyl (C=O) groups excluding carboxylic acids is 1. The van der Waals surface area contributed by atoms with Crippen molar-refractivity contribution < 1.29 is 19.1 Å². The van der Waals surface area contributed by atoms with Crippen LogP contribution in [0.3, 0.4) is 0 Å². The van der Waals surface area contributed by atoms with Gasteiger partial charge in [0.05, 0.1) is 18.7 Å². The van der Waals surface area contributed by atoms with E-state index in [0.717, 1.165) is 0 Å². The Morgan fingerprint density at radius 1 is 1.47 bits per heavy atom. The molecule has 1 amide bonds. The van der Waals surface area contributed by atoms with Crippen LogP contribution in [0.5, 0.6) is 5.75 Å². The Morgan fingerprint density at radius 2 is 2.16 bits per heavy atom. The van der Waals surface area contributed by atoms with Crippen LogP contribution in [0.25, 0.3) is 0 Å². The Balaban J connectivity index is 2.77. The maximum atomic E-state index is 13.2. The molecule has 0 aromatic heterocycles. The van der Waals surface area contributed by atoms with Crippen LogP contribution in [0.4, 0.5) is 4.39 Å². The summed E-state index contributed by atoms with van der Waals surface area (Å²) in [5.74, 6) is -0.282. The molecule has 0 fully saturated rings. The normalized spacial score (nSPS) is 11.3. The zero-order valence-electron chi connectivity index (χ0n) is 11.2. The maximum absolute atomic E-state index is 13.2. The molecule has 0 saturated heterocycles. The lowest BCUT2D eigenvalue weighted by Gasteiger charge is -2.13. The second kappa shape index (κ2) is 6.72. The molecule has 104 valence electrons. The van der Waals surface area contributed by atoms with Crippen LogP contribution in [-0.4, -0.2) is 42.4 Å². The summed E-state index contributed by atoms with van der Waals surface area (Å²) in [4.78, 5) is 12.8. The highest BCUT2D eigenvalue weighted by atomic mass is 19.1. The quantitative estimate of drug-likeness (QED) is 0.504. The second-order valence-corrected chi connectivity index (χ2v) is 4.21. The number of hydrogen-bond donors (Lipinski definition) is 1. The van der Waals surface area contributed by atoms with Gasteiger partial charge < -0.3 is 14.8 Å². The number of nitrogens with zero attached hydrogens (tertiary/aromatic N) is 2. The second-order valence-electron chi connectivity index (χ2n) is 4.21. The molecule has 1 aromatic carbocycles. The first kappa shape index (κ1) is 14.9. The molecule has 0 spiro atoms. The van der Waals surface area contributed by atoms with Gasteiger partial charge in [0.25, 0.3) is 0 Å². The molecule has 0 aliphatic carbocycles. The molecule has 0 aliphatic rings. The summed E-state index contributed by atoms with van der Waals surface area (Å²) in [6, 6.07) is 3.92. The van der Waals surface area contributed by atoms with Crippen molar-refractivity contribution in [3.8, 4) is 5.75 Å². The first-order chi connectivity index (χ1) is 8.95. The molecule has 0 atom stereocenters. The van der Waals surface area contributed by atoms with Gasteiger partial charge in [0.1, 0.15) is 11.6 Å². The van der Waals surface area contributed by atoms with Crippen LogP contribution in [0, 0.1) is 5.82 Å². The predicted octanol–water partition coefficient (Wildman–Crippen LogP) is 1.88. The molecule has 1 aromatic rings. The molecule has 0 heterocycles. The van der Waals surface area contributed by atoms with Crippen molar-refractivity contribution in [1.82, 2.24) is 4.90 Å². The minimum Gasteiger partial charge on any atom is -0.492 e. The molecule has 1 N–H and O–H groups in total. The van der Waals surface area contributed by atoms with Crippen LogP contribution < -0.4 is 4.74 Å². The number of oxime groups is 1. The standard InChI is InChI=1S/C13H17FN2O3/c1-9(15-18)11-5-4-10(14)8-12(11)19-7-6-13(17)16(2)3/h4-5,8,18H,6-7H2,1-3H3. The first-order valence-electron chi connectivity index (χ1n) is 5.77. The summed E-state index contributed by atoms with van der Waals surface area (Å²) < 4.78 is 18.6. The third kappa shape index (κ3) is 4.24. The van der Waals surface area contributed by atoms with Gasteiger partial charge in [-0.2, -0.15) is 0 Å². The van der Waals surface area contributed by atoms with Crippen LogP contribution >= 0.6 is 0 Å². The molecule has 1 rings (SSSR count). The van der Waals surface area contributed by atoms with Gasteiger partial charge in [-0.1, -0.05) is 5.16 Å².